The predicted octanol–water partition coefficient (Wildman–Crippen LogP) is 3.48. The van der Waals surface area contributed by atoms with E-state index < -0.39 is 11.6 Å². The number of aromatic nitrogens is 1. The average molecular weight is 274 g/mol. The molecule has 3 rings (SSSR count). The van der Waals surface area contributed by atoms with Crippen LogP contribution >= 0.6 is 0 Å². The molecule has 0 amide bonds. The summed E-state index contributed by atoms with van der Waals surface area (Å²) in [5.74, 6) is -1.80. The quantitative estimate of drug-likeness (QED) is 0.809. The van der Waals surface area contributed by atoms with Gasteiger partial charge in [0.2, 0.25) is 0 Å². The largest absolute Gasteiger partial charge is 0.323 e. The molecular weight excluding hydrogens is 258 g/mol. The number of pyridine rings is 1. The molecule has 0 spiro atoms. The van der Waals surface area contributed by atoms with E-state index in [4.69, 9.17) is 5.73 Å². The van der Waals surface area contributed by atoms with Crippen molar-refractivity contribution in [2.24, 2.45) is 5.73 Å². The van der Waals surface area contributed by atoms with Gasteiger partial charge in [0.1, 0.15) is 0 Å². The molecule has 1 heterocycles. The summed E-state index contributed by atoms with van der Waals surface area (Å²) in [4.78, 5) is 4.35. The molecule has 2 atom stereocenters. The molecule has 1 aromatic heterocycles. The molecule has 2 N–H and O–H groups in total. The third kappa shape index (κ3) is 2.20. The van der Waals surface area contributed by atoms with Gasteiger partial charge in [0.25, 0.3) is 0 Å². The van der Waals surface area contributed by atoms with Crippen molar-refractivity contribution < 1.29 is 8.78 Å². The van der Waals surface area contributed by atoms with E-state index in [0.717, 1.165) is 36.6 Å². The molecule has 2 nitrogen and oxygen atoms in total. The standard InChI is InChI=1S/C16H16F2N2/c17-13-7-1-4-10(15(13)18)11-5-2-8-14-12(16(11)19)6-3-9-20-14/h1,3-4,6-7,9,11,16H,2,5,8,19H2/t11-,16-/m0/s1. The minimum absolute atomic E-state index is 0.212. The highest BCUT2D eigenvalue weighted by molar-refractivity contribution is 5.32. The summed E-state index contributed by atoms with van der Waals surface area (Å²) in [6, 6.07) is 7.72. The van der Waals surface area contributed by atoms with Crippen LogP contribution in [0.5, 0.6) is 0 Å². The van der Waals surface area contributed by atoms with Crippen molar-refractivity contribution in [2.75, 3.05) is 0 Å². The lowest BCUT2D eigenvalue weighted by atomic mass is 9.86. The zero-order valence-electron chi connectivity index (χ0n) is 11.0. The Hall–Kier alpha value is -1.81. The third-order valence-electron chi connectivity index (χ3n) is 4.03. The van der Waals surface area contributed by atoms with Crippen molar-refractivity contribution >= 4 is 0 Å². The Kier molecular flexibility index (Phi) is 3.49. The summed E-state index contributed by atoms with van der Waals surface area (Å²) < 4.78 is 27.5. The summed E-state index contributed by atoms with van der Waals surface area (Å²) in [7, 11) is 0. The molecule has 104 valence electrons. The Bertz CT molecular complexity index is 628. The van der Waals surface area contributed by atoms with E-state index in [0.29, 0.717) is 5.56 Å². The Balaban J connectivity index is 2.05. The van der Waals surface area contributed by atoms with Crippen molar-refractivity contribution in [1.29, 1.82) is 0 Å². The van der Waals surface area contributed by atoms with E-state index >= 15 is 0 Å². The highest BCUT2D eigenvalue weighted by Gasteiger charge is 2.29. The molecule has 0 radical (unpaired) electrons. The Morgan fingerprint density at radius 2 is 1.90 bits per heavy atom. The average Bonchev–Trinajstić information content (AvgIpc) is 2.62. The van der Waals surface area contributed by atoms with Crippen molar-refractivity contribution in [3.05, 3.63) is 65.0 Å². The predicted molar refractivity (Wildman–Crippen MR) is 73.2 cm³/mol. The second-order valence-electron chi connectivity index (χ2n) is 5.21. The minimum atomic E-state index is -0.814. The molecule has 2 aromatic rings. The third-order valence-corrected chi connectivity index (χ3v) is 4.03. The van der Waals surface area contributed by atoms with Crippen molar-refractivity contribution in [1.82, 2.24) is 4.98 Å². The van der Waals surface area contributed by atoms with E-state index in [9.17, 15) is 8.78 Å². The first-order valence-electron chi connectivity index (χ1n) is 6.81. The van der Waals surface area contributed by atoms with Crippen molar-refractivity contribution in [2.45, 2.75) is 31.2 Å². The van der Waals surface area contributed by atoms with Crippen LogP contribution in [0.3, 0.4) is 0 Å². The first kappa shape index (κ1) is 13.2. The molecule has 0 aliphatic heterocycles. The number of hydrogen-bond donors (Lipinski definition) is 1. The number of aryl methyl sites for hydroxylation is 1. The lowest BCUT2D eigenvalue weighted by Gasteiger charge is -2.23. The van der Waals surface area contributed by atoms with Crippen LogP contribution in [-0.4, -0.2) is 4.98 Å². The van der Waals surface area contributed by atoms with Crippen molar-refractivity contribution in [3.63, 3.8) is 0 Å². The fourth-order valence-electron chi connectivity index (χ4n) is 3.00. The van der Waals surface area contributed by atoms with Gasteiger partial charge in [0.15, 0.2) is 11.6 Å². The molecule has 0 saturated heterocycles. The molecule has 20 heavy (non-hydrogen) atoms. The fraction of sp³-hybridized carbons (Fsp3) is 0.312. The number of nitrogens with zero attached hydrogens (tertiary/aromatic N) is 1. The molecule has 0 unspecified atom stereocenters. The fourth-order valence-corrected chi connectivity index (χ4v) is 3.00. The van der Waals surface area contributed by atoms with Gasteiger partial charge in [-0.15, -0.1) is 0 Å². The molecule has 1 aliphatic rings. The van der Waals surface area contributed by atoms with Gasteiger partial charge >= 0.3 is 0 Å². The number of halogens is 2. The summed E-state index contributed by atoms with van der Waals surface area (Å²) in [5.41, 5.74) is 8.60. The summed E-state index contributed by atoms with van der Waals surface area (Å²) >= 11 is 0. The first-order valence-corrected chi connectivity index (χ1v) is 6.81. The molecular formula is C16H16F2N2. The first-order chi connectivity index (χ1) is 9.68. The van der Waals surface area contributed by atoms with Gasteiger partial charge in [-0.3, -0.25) is 4.98 Å². The number of hydrogen-bond acceptors (Lipinski definition) is 2. The molecule has 1 aromatic carbocycles. The van der Waals surface area contributed by atoms with Crippen LogP contribution in [-0.2, 0) is 6.42 Å². The molecule has 4 heteroatoms. The van der Waals surface area contributed by atoms with Crippen LogP contribution in [0.15, 0.2) is 36.5 Å². The van der Waals surface area contributed by atoms with Crippen LogP contribution < -0.4 is 5.73 Å². The van der Waals surface area contributed by atoms with Crippen LogP contribution in [0.2, 0.25) is 0 Å². The lowest BCUT2D eigenvalue weighted by molar-refractivity contribution is 0.455. The molecule has 0 bridgehead atoms. The number of nitrogens with two attached hydrogens (primary N) is 1. The number of fused-ring (bicyclic) bond motifs is 1. The maximum atomic E-state index is 14.0. The molecule has 0 fully saturated rings. The van der Waals surface area contributed by atoms with Gasteiger partial charge < -0.3 is 5.73 Å². The van der Waals surface area contributed by atoms with Gasteiger partial charge in [-0.25, -0.2) is 8.78 Å². The van der Waals surface area contributed by atoms with Gasteiger partial charge in [-0.1, -0.05) is 18.2 Å². The van der Waals surface area contributed by atoms with E-state index in [1.165, 1.54) is 6.07 Å². The Morgan fingerprint density at radius 1 is 1.10 bits per heavy atom. The number of rotatable bonds is 1. The summed E-state index contributed by atoms with van der Waals surface area (Å²) in [5, 5.41) is 0. The van der Waals surface area contributed by atoms with Gasteiger partial charge in [-0.05, 0) is 42.5 Å². The zero-order valence-corrected chi connectivity index (χ0v) is 11.0. The topological polar surface area (TPSA) is 38.9 Å². The summed E-state index contributed by atoms with van der Waals surface area (Å²) in [6.45, 7) is 0. The highest BCUT2D eigenvalue weighted by Crippen LogP contribution is 2.38. The lowest BCUT2D eigenvalue weighted by Crippen LogP contribution is -2.21. The summed E-state index contributed by atoms with van der Waals surface area (Å²) in [6.07, 6.45) is 4.18. The van der Waals surface area contributed by atoms with E-state index in [2.05, 4.69) is 4.98 Å². The van der Waals surface area contributed by atoms with Crippen LogP contribution in [0.1, 0.15) is 41.6 Å². The second-order valence-corrected chi connectivity index (χ2v) is 5.21. The van der Waals surface area contributed by atoms with E-state index in [-0.39, 0.29) is 12.0 Å². The van der Waals surface area contributed by atoms with Crippen LogP contribution in [0, 0.1) is 11.6 Å². The Morgan fingerprint density at radius 3 is 2.75 bits per heavy atom. The van der Waals surface area contributed by atoms with E-state index in [1.54, 1.807) is 12.3 Å². The van der Waals surface area contributed by atoms with Crippen LogP contribution in [0.4, 0.5) is 8.78 Å². The highest BCUT2D eigenvalue weighted by atomic mass is 19.2. The van der Waals surface area contributed by atoms with Crippen LogP contribution in [0.25, 0.3) is 0 Å². The van der Waals surface area contributed by atoms with Gasteiger partial charge in [-0.2, -0.15) is 0 Å². The maximum Gasteiger partial charge on any atom is 0.162 e. The molecule has 0 saturated carbocycles. The maximum absolute atomic E-state index is 14.0. The van der Waals surface area contributed by atoms with E-state index in [1.807, 2.05) is 12.1 Å². The van der Waals surface area contributed by atoms with Gasteiger partial charge in [0.05, 0.1) is 0 Å². The smallest absolute Gasteiger partial charge is 0.162 e. The minimum Gasteiger partial charge on any atom is -0.323 e. The monoisotopic (exact) mass is 274 g/mol. The Labute approximate surface area is 116 Å². The van der Waals surface area contributed by atoms with Crippen molar-refractivity contribution in [3.8, 4) is 0 Å². The second kappa shape index (κ2) is 5.29. The number of benzene rings is 1. The SMILES string of the molecule is N[C@@H]1c2cccnc2CCC[C@H]1c1cccc(F)c1F. The zero-order chi connectivity index (χ0) is 14.1. The molecule has 1 aliphatic carbocycles. The van der Waals surface area contributed by atoms with Gasteiger partial charge in [0, 0.05) is 23.9 Å². The normalized spacial score (nSPS) is 22.1.